The summed E-state index contributed by atoms with van der Waals surface area (Å²) in [6, 6.07) is 5.95. The van der Waals surface area contributed by atoms with Gasteiger partial charge in [-0.25, -0.2) is 9.59 Å². The molecule has 0 bridgehead atoms. The van der Waals surface area contributed by atoms with Gasteiger partial charge in [0.1, 0.15) is 0 Å². The Hall–Kier alpha value is -2.10. The Morgan fingerprint density at radius 2 is 1.46 bits per heavy atom. The quantitative estimate of drug-likeness (QED) is 0.384. The molecule has 14 heteroatoms. The van der Waals surface area contributed by atoms with Gasteiger partial charge in [0, 0.05) is 0 Å². The second-order valence-electron chi connectivity index (χ2n) is 4.29. The molecule has 1 aromatic carbocycles. The zero-order valence-electron chi connectivity index (χ0n) is 11.6. The Morgan fingerprint density at radius 1 is 1.00 bits per heavy atom. The van der Waals surface area contributed by atoms with Gasteiger partial charge in [0.05, 0.1) is 0 Å². The first-order chi connectivity index (χ1) is 10.8. The van der Waals surface area contributed by atoms with Gasteiger partial charge in [0.25, 0.3) is 0 Å². The van der Waals surface area contributed by atoms with Crippen LogP contribution in [0.15, 0.2) is 30.3 Å². The maximum atomic E-state index is 11.9. The number of nitrogens with two attached hydrogens (primary N) is 2. The molecule has 0 spiro atoms. The predicted octanol–water partition coefficient (Wildman–Crippen LogP) is -3.27. The van der Waals surface area contributed by atoms with Gasteiger partial charge in [-0.15, -0.1) is 0 Å². The van der Waals surface area contributed by atoms with E-state index >= 15 is 0 Å². The molecule has 0 saturated carbocycles. The normalized spacial score (nSPS) is 15.8. The number of hydrogen-bond donors (Lipinski definition) is 4. The van der Waals surface area contributed by atoms with E-state index in [2.05, 4.69) is 18.6 Å². The Bertz CT molecular complexity index is 836. The molecule has 0 amide bonds. The Labute approximate surface area is 136 Å². The third-order valence-electron chi connectivity index (χ3n) is 2.53. The molecule has 2 unspecified atom stereocenters. The fraction of sp³-hybridized carbons (Fsp3) is 0.200. The fourth-order valence-electron chi connectivity index (χ4n) is 1.58. The Kier molecular flexibility index (Phi) is 5.65. The maximum Gasteiger partial charge on any atom is 0.382 e. The van der Waals surface area contributed by atoms with E-state index in [1.165, 1.54) is 18.2 Å². The molecule has 0 aromatic heterocycles. The van der Waals surface area contributed by atoms with E-state index < -0.39 is 49.8 Å². The molecule has 6 N–H and O–H groups in total. The highest BCUT2D eigenvalue weighted by atomic mass is 32.2. The second kappa shape index (κ2) is 6.80. The van der Waals surface area contributed by atoms with E-state index in [1.807, 2.05) is 0 Å². The molecule has 134 valence electrons. The zero-order valence-corrected chi connectivity index (χ0v) is 13.2. The third-order valence-corrected chi connectivity index (χ3v) is 3.31. The summed E-state index contributed by atoms with van der Waals surface area (Å²) in [6.45, 7) is 0. The number of rotatable bonds is 6. The predicted molar refractivity (Wildman–Crippen MR) is 74.7 cm³/mol. The van der Waals surface area contributed by atoms with E-state index in [0.29, 0.717) is 0 Å². The Balaban J connectivity index is 3.39. The lowest BCUT2D eigenvalue weighted by Gasteiger charge is -2.28. The lowest BCUT2D eigenvalue weighted by molar-refractivity contribution is -0.181. The van der Waals surface area contributed by atoms with Gasteiger partial charge in [0.15, 0.2) is 6.10 Å². The summed E-state index contributed by atoms with van der Waals surface area (Å²) in [5, 5.41) is 29.1. The molecule has 0 radical (unpaired) electrons. The van der Waals surface area contributed by atoms with Crippen molar-refractivity contribution in [1.82, 2.24) is 0 Å². The first kappa shape index (κ1) is 19.9. The summed E-state index contributed by atoms with van der Waals surface area (Å²) in [7, 11) is -9.81. The van der Waals surface area contributed by atoms with E-state index in [0.717, 1.165) is 12.1 Å². The van der Waals surface area contributed by atoms with Crippen molar-refractivity contribution in [2.24, 2.45) is 10.3 Å². The highest BCUT2D eigenvalue weighted by molar-refractivity contribution is 7.85. The molecule has 0 fully saturated rings. The molecule has 24 heavy (non-hydrogen) atoms. The highest BCUT2D eigenvalue weighted by Gasteiger charge is 2.53. The molecule has 0 heterocycles. The van der Waals surface area contributed by atoms with Gasteiger partial charge in [-0.3, -0.25) is 0 Å². The average molecular weight is 384 g/mol. The summed E-state index contributed by atoms with van der Waals surface area (Å²) >= 11 is 0. The van der Waals surface area contributed by atoms with Gasteiger partial charge in [-0.05, 0) is 5.56 Å². The summed E-state index contributed by atoms with van der Waals surface area (Å²) in [6.07, 6.45) is -2.91. The zero-order chi connectivity index (χ0) is 18.8. The van der Waals surface area contributed by atoms with Crippen molar-refractivity contribution in [2.75, 3.05) is 0 Å². The minimum absolute atomic E-state index is 0.516. The van der Waals surface area contributed by atoms with Crippen molar-refractivity contribution >= 4 is 32.5 Å². The average Bonchev–Trinajstić information content (AvgIpc) is 2.42. The lowest BCUT2D eigenvalue weighted by atomic mass is 9.88. The van der Waals surface area contributed by atoms with Crippen LogP contribution < -0.4 is 10.3 Å². The van der Waals surface area contributed by atoms with Crippen molar-refractivity contribution in [2.45, 2.75) is 11.7 Å². The van der Waals surface area contributed by atoms with Crippen molar-refractivity contribution in [3.05, 3.63) is 35.9 Å². The van der Waals surface area contributed by atoms with E-state index in [-0.39, 0.29) is 0 Å². The van der Waals surface area contributed by atoms with Crippen LogP contribution in [0, 0.1) is 0 Å². The molecular weight excluding hydrogens is 372 g/mol. The van der Waals surface area contributed by atoms with Crippen LogP contribution in [0.3, 0.4) is 0 Å². The van der Waals surface area contributed by atoms with Crippen LogP contribution >= 0.6 is 0 Å². The van der Waals surface area contributed by atoms with Gasteiger partial charge >= 0.3 is 32.5 Å². The van der Waals surface area contributed by atoms with E-state index in [1.54, 1.807) is 0 Å². The van der Waals surface area contributed by atoms with Crippen molar-refractivity contribution in [3.8, 4) is 0 Å². The van der Waals surface area contributed by atoms with Gasteiger partial charge in [0.2, 0.25) is 5.60 Å². The first-order valence-corrected chi connectivity index (χ1v) is 8.70. The molecular formula is C10H12N2O10S2. The monoisotopic (exact) mass is 384 g/mol. The van der Waals surface area contributed by atoms with Gasteiger partial charge in [-0.2, -0.15) is 27.1 Å². The van der Waals surface area contributed by atoms with Crippen molar-refractivity contribution in [1.29, 1.82) is 0 Å². The Morgan fingerprint density at radius 3 is 1.88 bits per heavy atom. The fourth-order valence-corrected chi connectivity index (χ4v) is 2.24. The number of aliphatic hydroxyl groups is 2. The first-order valence-electron chi connectivity index (χ1n) is 5.76. The SMILES string of the molecule is NS(=O)(=O)OC(=O)C(O)C(O)(C(=O)OS(N)(=O)=O)c1ccccc1. The lowest BCUT2D eigenvalue weighted by Crippen LogP contribution is -2.53. The van der Waals surface area contributed by atoms with E-state index in [4.69, 9.17) is 0 Å². The van der Waals surface area contributed by atoms with Crippen LogP contribution in [0.2, 0.25) is 0 Å². The number of aliphatic hydroxyl groups excluding tert-OH is 1. The standard InChI is InChI=1S/C10H12N2O10S2/c11-23(17,18)21-8(14)7(13)10(16,6-4-2-1-3-5-6)9(15)22-24(12,19)20/h1-5,7,13,16H,(H2,11,17,18)(H2,12,19,20). The maximum absolute atomic E-state index is 11.9. The summed E-state index contributed by atoms with van der Waals surface area (Å²) in [4.78, 5) is 23.5. The van der Waals surface area contributed by atoms with Crippen LogP contribution in [-0.2, 0) is 44.2 Å². The largest absolute Gasteiger partial charge is 0.382 e. The smallest absolute Gasteiger partial charge is 0.378 e. The molecule has 1 aromatic rings. The van der Waals surface area contributed by atoms with Crippen molar-refractivity contribution < 1.29 is 45.0 Å². The van der Waals surface area contributed by atoms with Crippen LogP contribution in [-0.4, -0.2) is 45.1 Å². The van der Waals surface area contributed by atoms with Crippen LogP contribution in [0.5, 0.6) is 0 Å². The number of carbonyl (C=O) groups is 2. The third kappa shape index (κ3) is 4.95. The number of benzene rings is 1. The molecule has 2 atom stereocenters. The summed E-state index contributed by atoms with van der Waals surface area (Å²) in [5.74, 6) is -4.13. The molecule has 12 nitrogen and oxygen atoms in total. The number of hydrogen-bond acceptors (Lipinski definition) is 10. The molecule has 1 rings (SSSR count). The minimum Gasteiger partial charge on any atom is -0.378 e. The topological polar surface area (TPSA) is 213 Å². The summed E-state index contributed by atoms with van der Waals surface area (Å²) < 4.78 is 50.6. The van der Waals surface area contributed by atoms with Gasteiger partial charge < -0.3 is 18.6 Å². The molecule has 0 saturated heterocycles. The summed E-state index contributed by atoms with van der Waals surface area (Å²) in [5.41, 5.74) is -3.87. The molecule has 0 aliphatic heterocycles. The van der Waals surface area contributed by atoms with Crippen LogP contribution in [0.25, 0.3) is 0 Å². The minimum atomic E-state index is -4.92. The highest BCUT2D eigenvalue weighted by Crippen LogP contribution is 2.28. The van der Waals surface area contributed by atoms with E-state index in [9.17, 15) is 36.6 Å². The molecule has 0 aliphatic carbocycles. The van der Waals surface area contributed by atoms with Crippen LogP contribution in [0.4, 0.5) is 0 Å². The van der Waals surface area contributed by atoms with Crippen LogP contribution in [0.1, 0.15) is 5.56 Å². The van der Waals surface area contributed by atoms with Gasteiger partial charge in [-0.1, -0.05) is 30.3 Å². The number of carbonyl (C=O) groups excluding carboxylic acids is 2. The second-order valence-corrected chi connectivity index (χ2v) is 6.60. The molecule has 0 aliphatic rings. The van der Waals surface area contributed by atoms with Crippen molar-refractivity contribution in [3.63, 3.8) is 0 Å².